The van der Waals surface area contributed by atoms with Gasteiger partial charge >= 0.3 is 0 Å². The van der Waals surface area contributed by atoms with Crippen LogP contribution >= 0.6 is 12.6 Å². The number of carbonyl (C=O) groups excluding carboxylic acids is 1. The number of unbranched alkanes of at least 4 members (excludes halogenated alkanes) is 15. The SMILES string of the molecule is CCCCCCCCCCCCCCCCCCC(=O)CS. The highest BCUT2D eigenvalue weighted by atomic mass is 32.1. The molecule has 0 radical (unpaired) electrons. The summed E-state index contributed by atoms with van der Waals surface area (Å²) in [7, 11) is 0. The predicted octanol–water partition coefficient (Wildman–Crippen LogP) is 7.14. The van der Waals surface area contributed by atoms with E-state index >= 15 is 0 Å². The summed E-state index contributed by atoms with van der Waals surface area (Å²) in [4.78, 5) is 11.1. The summed E-state index contributed by atoms with van der Waals surface area (Å²) in [5.74, 6) is 0.715. The molecule has 0 atom stereocenters. The van der Waals surface area contributed by atoms with E-state index in [1.54, 1.807) is 0 Å². The third-order valence-corrected chi connectivity index (χ3v) is 4.84. The van der Waals surface area contributed by atoms with Crippen LogP contribution in [0.15, 0.2) is 0 Å². The van der Waals surface area contributed by atoms with Crippen molar-refractivity contribution < 1.29 is 4.79 Å². The lowest BCUT2D eigenvalue weighted by atomic mass is 10.0. The number of rotatable bonds is 18. The van der Waals surface area contributed by atoms with Gasteiger partial charge in [-0.1, -0.05) is 103 Å². The number of Topliss-reactive ketones (excluding diaryl/α,β-unsaturated/α-hetero) is 1. The Morgan fingerprint density at radius 3 is 1.23 bits per heavy atom. The van der Waals surface area contributed by atoms with Gasteiger partial charge in [0.05, 0.1) is 0 Å². The molecule has 0 aromatic heterocycles. The molecule has 0 aliphatic carbocycles. The maximum atomic E-state index is 11.1. The summed E-state index contributed by atoms with van der Waals surface area (Å²) in [5, 5.41) is 0. The molecular weight excluding hydrogens is 288 g/mol. The number of ketones is 1. The second kappa shape index (κ2) is 19.1. The van der Waals surface area contributed by atoms with Crippen LogP contribution in [0.4, 0.5) is 0 Å². The number of thiol groups is 1. The zero-order valence-corrected chi connectivity index (χ0v) is 16.0. The minimum absolute atomic E-state index is 0.300. The lowest BCUT2D eigenvalue weighted by molar-refractivity contribution is -0.116. The Morgan fingerprint density at radius 1 is 0.591 bits per heavy atom. The van der Waals surface area contributed by atoms with E-state index in [0.717, 1.165) is 12.8 Å². The van der Waals surface area contributed by atoms with Crippen LogP contribution in [-0.2, 0) is 4.79 Å². The van der Waals surface area contributed by atoms with Crippen molar-refractivity contribution in [3.05, 3.63) is 0 Å². The summed E-state index contributed by atoms with van der Waals surface area (Å²) >= 11 is 4.00. The monoisotopic (exact) mass is 328 g/mol. The highest BCUT2D eigenvalue weighted by Gasteiger charge is 1.98. The topological polar surface area (TPSA) is 17.1 Å². The lowest BCUT2D eigenvalue weighted by Gasteiger charge is -2.03. The van der Waals surface area contributed by atoms with Crippen molar-refractivity contribution in [2.24, 2.45) is 0 Å². The zero-order valence-electron chi connectivity index (χ0n) is 15.1. The molecule has 0 amide bonds. The van der Waals surface area contributed by atoms with Crippen molar-refractivity contribution in [1.82, 2.24) is 0 Å². The van der Waals surface area contributed by atoms with Gasteiger partial charge < -0.3 is 0 Å². The third-order valence-electron chi connectivity index (χ3n) is 4.49. The van der Waals surface area contributed by atoms with E-state index in [1.807, 2.05) is 0 Å². The van der Waals surface area contributed by atoms with Crippen LogP contribution in [0.1, 0.15) is 116 Å². The fourth-order valence-electron chi connectivity index (χ4n) is 2.95. The Labute approximate surface area is 145 Å². The largest absolute Gasteiger partial charge is 0.299 e. The van der Waals surface area contributed by atoms with E-state index in [-0.39, 0.29) is 0 Å². The molecule has 2 heteroatoms. The second-order valence-electron chi connectivity index (χ2n) is 6.75. The summed E-state index contributed by atoms with van der Waals surface area (Å²) < 4.78 is 0. The Morgan fingerprint density at radius 2 is 0.909 bits per heavy atom. The van der Waals surface area contributed by atoms with E-state index in [4.69, 9.17) is 0 Å². The average Bonchev–Trinajstić information content (AvgIpc) is 2.54. The van der Waals surface area contributed by atoms with Crippen molar-refractivity contribution in [3.8, 4) is 0 Å². The smallest absolute Gasteiger partial charge is 0.142 e. The van der Waals surface area contributed by atoms with Crippen molar-refractivity contribution in [3.63, 3.8) is 0 Å². The quantitative estimate of drug-likeness (QED) is 0.209. The summed E-state index contributed by atoms with van der Waals surface area (Å²) in [6.07, 6.45) is 22.8. The minimum atomic E-state index is 0.300. The van der Waals surface area contributed by atoms with Gasteiger partial charge in [-0.25, -0.2) is 0 Å². The molecule has 0 saturated heterocycles. The van der Waals surface area contributed by atoms with Crippen LogP contribution in [0.25, 0.3) is 0 Å². The van der Waals surface area contributed by atoms with Gasteiger partial charge in [0.15, 0.2) is 0 Å². The zero-order chi connectivity index (χ0) is 16.3. The van der Waals surface area contributed by atoms with Gasteiger partial charge in [-0.2, -0.15) is 12.6 Å². The van der Waals surface area contributed by atoms with Crippen LogP contribution in [0, 0.1) is 0 Å². The molecule has 0 aliphatic rings. The van der Waals surface area contributed by atoms with E-state index < -0.39 is 0 Å². The Kier molecular flexibility index (Phi) is 19.1. The van der Waals surface area contributed by atoms with E-state index in [1.165, 1.54) is 96.3 Å². The number of hydrogen-bond donors (Lipinski definition) is 1. The molecular formula is C20H40OS. The predicted molar refractivity (Wildman–Crippen MR) is 103 cm³/mol. The normalized spacial score (nSPS) is 11.0. The van der Waals surface area contributed by atoms with Crippen molar-refractivity contribution >= 4 is 18.4 Å². The third kappa shape index (κ3) is 18.1. The maximum absolute atomic E-state index is 11.1. The number of carbonyl (C=O) groups is 1. The first-order valence-electron chi connectivity index (χ1n) is 9.93. The first-order chi connectivity index (χ1) is 10.8. The molecule has 0 N–H and O–H groups in total. The molecule has 0 unspecified atom stereocenters. The highest BCUT2D eigenvalue weighted by molar-refractivity contribution is 7.81. The summed E-state index contributed by atoms with van der Waals surface area (Å²) in [6.45, 7) is 2.28. The molecule has 0 saturated carbocycles. The molecule has 132 valence electrons. The first-order valence-corrected chi connectivity index (χ1v) is 10.6. The maximum Gasteiger partial charge on any atom is 0.142 e. The first kappa shape index (κ1) is 22.0. The van der Waals surface area contributed by atoms with Gasteiger partial charge in [-0.15, -0.1) is 0 Å². The van der Waals surface area contributed by atoms with Gasteiger partial charge in [0.25, 0.3) is 0 Å². The van der Waals surface area contributed by atoms with Gasteiger partial charge in [-0.3, -0.25) is 4.79 Å². The van der Waals surface area contributed by atoms with Gasteiger partial charge in [0.1, 0.15) is 5.78 Å². The number of hydrogen-bond acceptors (Lipinski definition) is 2. The minimum Gasteiger partial charge on any atom is -0.299 e. The van der Waals surface area contributed by atoms with Crippen LogP contribution in [0.5, 0.6) is 0 Å². The molecule has 1 nitrogen and oxygen atoms in total. The summed E-state index contributed by atoms with van der Waals surface area (Å²) in [6, 6.07) is 0. The summed E-state index contributed by atoms with van der Waals surface area (Å²) in [5.41, 5.74) is 0. The molecule has 0 heterocycles. The Hall–Kier alpha value is 0.0200. The van der Waals surface area contributed by atoms with E-state index in [0.29, 0.717) is 11.5 Å². The lowest BCUT2D eigenvalue weighted by Crippen LogP contribution is -1.98. The van der Waals surface area contributed by atoms with Gasteiger partial charge in [0, 0.05) is 12.2 Å². The molecule has 0 spiro atoms. The van der Waals surface area contributed by atoms with Crippen molar-refractivity contribution in [1.29, 1.82) is 0 Å². The molecule has 0 aromatic carbocycles. The van der Waals surface area contributed by atoms with Crippen molar-refractivity contribution in [2.75, 3.05) is 5.75 Å². The van der Waals surface area contributed by atoms with Crippen LogP contribution < -0.4 is 0 Å². The standard InChI is InChI=1S/C20H40OS/c1-2-3-4-5-6-7-8-9-10-11-12-13-14-15-16-17-18-20(21)19-22/h22H,2-19H2,1H3. The van der Waals surface area contributed by atoms with Crippen molar-refractivity contribution in [2.45, 2.75) is 116 Å². The molecule has 0 bridgehead atoms. The van der Waals surface area contributed by atoms with Gasteiger partial charge in [-0.05, 0) is 6.42 Å². The molecule has 0 rings (SSSR count). The fraction of sp³-hybridized carbons (Fsp3) is 0.950. The Balaban J connectivity index is 2.98. The van der Waals surface area contributed by atoms with Crippen LogP contribution in [0.2, 0.25) is 0 Å². The van der Waals surface area contributed by atoms with Crippen LogP contribution in [0.3, 0.4) is 0 Å². The highest BCUT2D eigenvalue weighted by Crippen LogP contribution is 2.14. The van der Waals surface area contributed by atoms with Crippen LogP contribution in [-0.4, -0.2) is 11.5 Å². The molecule has 0 aromatic rings. The second-order valence-corrected chi connectivity index (χ2v) is 7.07. The molecule has 0 aliphatic heterocycles. The van der Waals surface area contributed by atoms with Gasteiger partial charge in [0.2, 0.25) is 0 Å². The fourth-order valence-corrected chi connectivity index (χ4v) is 3.11. The average molecular weight is 329 g/mol. The molecule has 0 fully saturated rings. The Bertz CT molecular complexity index is 228. The van der Waals surface area contributed by atoms with E-state index in [9.17, 15) is 4.79 Å². The van der Waals surface area contributed by atoms with E-state index in [2.05, 4.69) is 19.6 Å². The molecule has 22 heavy (non-hydrogen) atoms.